The van der Waals surface area contributed by atoms with E-state index >= 15 is 0 Å². The van der Waals surface area contributed by atoms with E-state index in [9.17, 15) is 19.7 Å². The second kappa shape index (κ2) is 11.0. The van der Waals surface area contributed by atoms with Gasteiger partial charge in [-0.1, -0.05) is 30.3 Å². The molecular weight excluding hydrogens is 416 g/mol. The maximum atomic E-state index is 12.6. The Labute approximate surface area is 182 Å². The molecule has 164 valence electrons. The van der Waals surface area contributed by atoms with E-state index in [1.807, 2.05) is 30.3 Å². The van der Waals surface area contributed by atoms with Crippen LogP contribution in [0.4, 0.5) is 10.5 Å². The zero-order valence-corrected chi connectivity index (χ0v) is 16.8. The highest BCUT2D eigenvalue weighted by molar-refractivity contribution is 5.87. The molecule has 11 nitrogen and oxygen atoms in total. The summed E-state index contributed by atoms with van der Waals surface area (Å²) in [7, 11) is 0. The number of alkyl carbamates (subject to hydrolysis) is 1. The highest BCUT2D eigenvalue weighted by Crippen LogP contribution is 2.10. The average Bonchev–Trinajstić information content (AvgIpc) is 3.31. The summed E-state index contributed by atoms with van der Waals surface area (Å²) >= 11 is 0. The molecular formula is C21H20N6O5. The number of benzene rings is 2. The van der Waals surface area contributed by atoms with Crippen molar-refractivity contribution in [2.75, 3.05) is 0 Å². The summed E-state index contributed by atoms with van der Waals surface area (Å²) in [5, 5.41) is 17.1. The first kappa shape index (κ1) is 22.2. The van der Waals surface area contributed by atoms with E-state index in [2.05, 4.69) is 25.8 Å². The molecule has 2 amide bonds. The van der Waals surface area contributed by atoms with E-state index in [0.29, 0.717) is 11.3 Å². The Bertz CT molecular complexity index is 1070. The summed E-state index contributed by atoms with van der Waals surface area (Å²) in [5.74, 6) is -0.575. The number of non-ortho nitro benzene ring substituents is 1. The summed E-state index contributed by atoms with van der Waals surface area (Å²) in [5.41, 5.74) is 4.29. The van der Waals surface area contributed by atoms with E-state index in [4.69, 9.17) is 4.74 Å². The van der Waals surface area contributed by atoms with Crippen molar-refractivity contribution in [3.8, 4) is 0 Å². The third kappa shape index (κ3) is 6.76. The Kier molecular flexibility index (Phi) is 7.63. The van der Waals surface area contributed by atoms with Crippen molar-refractivity contribution in [1.29, 1.82) is 0 Å². The number of rotatable bonds is 9. The highest BCUT2D eigenvalue weighted by Gasteiger charge is 2.22. The number of nitro groups is 1. The lowest BCUT2D eigenvalue weighted by Crippen LogP contribution is -2.47. The summed E-state index contributed by atoms with van der Waals surface area (Å²) < 4.78 is 5.18. The Morgan fingerprint density at radius 2 is 1.94 bits per heavy atom. The van der Waals surface area contributed by atoms with Crippen LogP contribution in [0.1, 0.15) is 16.8 Å². The van der Waals surface area contributed by atoms with Crippen molar-refractivity contribution in [1.82, 2.24) is 20.7 Å². The van der Waals surface area contributed by atoms with Crippen LogP contribution >= 0.6 is 0 Å². The molecule has 0 aliphatic rings. The quantitative estimate of drug-likeness (QED) is 0.266. The highest BCUT2D eigenvalue weighted by atomic mass is 16.6. The number of aromatic amines is 1. The van der Waals surface area contributed by atoms with E-state index in [0.717, 1.165) is 5.56 Å². The van der Waals surface area contributed by atoms with Gasteiger partial charge in [0.1, 0.15) is 12.6 Å². The second-order valence-corrected chi connectivity index (χ2v) is 6.62. The first-order chi connectivity index (χ1) is 15.5. The molecule has 0 spiro atoms. The molecule has 0 saturated carbocycles. The van der Waals surface area contributed by atoms with Crippen molar-refractivity contribution in [2.45, 2.75) is 19.1 Å². The minimum absolute atomic E-state index is 0.0518. The van der Waals surface area contributed by atoms with Crippen LogP contribution in [-0.2, 0) is 22.6 Å². The van der Waals surface area contributed by atoms with Gasteiger partial charge in [-0.15, -0.1) is 0 Å². The van der Waals surface area contributed by atoms with E-state index in [1.165, 1.54) is 43.0 Å². The molecule has 0 unspecified atom stereocenters. The number of ether oxygens (including phenoxy) is 1. The van der Waals surface area contributed by atoms with Crippen molar-refractivity contribution >= 4 is 23.9 Å². The Balaban J connectivity index is 1.58. The molecule has 0 saturated heterocycles. The number of carbonyl (C=O) groups excluding carboxylic acids is 2. The van der Waals surface area contributed by atoms with Crippen LogP contribution < -0.4 is 10.7 Å². The molecule has 32 heavy (non-hydrogen) atoms. The third-order valence-corrected chi connectivity index (χ3v) is 4.29. The lowest BCUT2D eigenvalue weighted by molar-refractivity contribution is -0.384. The summed E-state index contributed by atoms with van der Waals surface area (Å²) in [6.45, 7) is 0.0589. The lowest BCUT2D eigenvalue weighted by atomic mass is 10.1. The number of nitro benzene ring substituents is 1. The van der Waals surface area contributed by atoms with Crippen LogP contribution in [0.3, 0.4) is 0 Å². The van der Waals surface area contributed by atoms with E-state index in [1.54, 1.807) is 0 Å². The zero-order chi connectivity index (χ0) is 22.8. The number of H-pyrrole nitrogens is 1. The molecule has 0 fully saturated rings. The van der Waals surface area contributed by atoms with Gasteiger partial charge >= 0.3 is 6.09 Å². The first-order valence-electron chi connectivity index (χ1n) is 9.53. The van der Waals surface area contributed by atoms with E-state index in [-0.39, 0.29) is 18.7 Å². The Hall–Kier alpha value is -4.54. The molecule has 2 aromatic carbocycles. The normalized spacial score (nSPS) is 11.6. The van der Waals surface area contributed by atoms with Crippen molar-refractivity contribution in [3.05, 3.63) is 94.1 Å². The van der Waals surface area contributed by atoms with Gasteiger partial charge < -0.3 is 15.0 Å². The van der Waals surface area contributed by atoms with E-state index < -0.39 is 23.0 Å². The molecule has 0 aliphatic heterocycles. The van der Waals surface area contributed by atoms with Gasteiger partial charge in [-0.25, -0.2) is 15.2 Å². The lowest BCUT2D eigenvalue weighted by Gasteiger charge is -2.16. The standard InChI is InChI=1S/C21H20N6O5/c28-20(26-24-11-15-6-8-18(9-7-15)27(30)31)19(10-17-12-22-14-23-17)25-21(29)32-13-16-4-2-1-3-5-16/h1-9,11-12,14,19H,10,13H2,(H,22,23)(H,25,29)(H,26,28)/b24-11-/t19-/m1/s1. The number of carbonyl (C=O) groups is 2. The predicted molar refractivity (Wildman–Crippen MR) is 115 cm³/mol. The molecule has 1 heterocycles. The number of imidazole rings is 1. The second-order valence-electron chi connectivity index (χ2n) is 6.62. The number of hydrogen-bond acceptors (Lipinski definition) is 7. The van der Waals surface area contributed by atoms with Gasteiger partial charge in [0.2, 0.25) is 0 Å². The molecule has 1 atom stereocenters. The fraction of sp³-hybridized carbons (Fsp3) is 0.143. The Morgan fingerprint density at radius 1 is 1.19 bits per heavy atom. The average molecular weight is 436 g/mol. The molecule has 0 radical (unpaired) electrons. The number of hydrazone groups is 1. The zero-order valence-electron chi connectivity index (χ0n) is 16.8. The fourth-order valence-corrected chi connectivity index (χ4v) is 2.66. The van der Waals surface area contributed by atoms with Gasteiger partial charge in [-0.2, -0.15) is 5.10 Å². The molecule has 3 aromatic rings. The molecule has 0 aliphatic carbocycles. The number of amides is 2. The van der Waals surface area contributed by atoms with Crippen LogP contribution in [0.25, 0.3) is 0 Å². The molecule has 0 bridgehead atoms. The van der Waals surface area contributed by atoms with Gasteiger partial charge in [0, 0.05) is 30.4 Å². The number of nitrogens with zero attached hydrogens (tertiary/aromatic N) is 3. The minimum Gasteiger partial charge on any atom is -0.445 e. The van der Waals surface area contributed by atoms with Gasteiger partial charge in [0.25, 0.3) is 11.6 Å². The maximum Gasteiger partial charge on any atom is 0.408 e. The summed E-state index contributed by atoms with van der Waals surface area (Å²) in [6, 6.07) is 13.8. The van der Waals surface area contributed by atoms with Gasteiger partial charge in [0.05, 0.1) is 17.5 Å². The van der Waals surface area contributed by atoms with Crippen LogP contribution in [0, 0.1) is 10.1 Å². The number of nitrogens with one attached hydrogen (secondary N) is 3. The summed E-state index contributed by atoms with van der Waals surface area (Å²) in [6.07, 6.45) is 3.72. The molecule has 3 rings (SSSR count). The SMILES string of the molecule is O=C(N[C@H](Cc1cnc[nH]1)C(=O)N/N=C\c1ccc([N+](=O)[O-])cc1)OCc1ccccc1. The van der Waals surface area contributed by atoms with Gasteiger partial charge in [0.15, 0.2) is 0 Å². The van der Waals surface area contributed by atoms with Crippen LogP contribution in [0.2, 0.25) is 0 Å². The molecule has 11 heteroatoms. The monoisotopic (exact) mass is 436 g/mol. The molecule has 3 N–H and O–H groups in total. The van der Waals surface area contributed by atoms with Crippen molar-refractivity contribution in [3.63, 3.8) is 0 Å². The van der Waals surface area contributed by atoms with Gasteiger partial charge in [-0.05, 0) is 23.3 Å². The van der Waals surface area contributed by atoms with Crippen LogP contribution in [-0.4, -0.2) is 39.1 Å². The maximum absolute atomic E-state index is 12.6. The third-order valence-electron chi connectivity index (χ3n) is 4.29. The van der Waals surface area contributed by atoms with Crippen LogP contribution in [0.15, 0.2) is 72.2 Å². The topological polar surface area (TPSA) is 152 Å². The Morgan fingerprint density at radius 3 is 2.59 bits per heavy atom. The largest absolute Gasteiger partial charge is 0.445 e. The fourth-order valence-electron chi connectivity index (χ4n) is 2.66. The number of aromatic nitrogens is 2. The van der Waals surface area contributed by atoms with Crippen molar-refractivity contribution < 1.29 is 19.2 Å². The number of hydrogen-bond donors (Lipinski definition) is 3. The molecule has 1 aromatic heterocycles. The van der Waals surface area contributed by atoms with Gasteiger partial charge in [-0.3, -0.25) is 14.9 Å². The first-order valence-corrected chi connectivity index (χ1v) is 9.53. The minimum atomic E-state index is -0.979. The predicted octanol–water partition coefficient (Wildman–Crippen LogP) is 2.31. The van der Waals surface area contributed by atoms with Crippen molar-refractivity contribution in [2.24, 2.45) is 5.10 Å². The summed E-state index contributed by atoms with van der Waals surface area (Å²) in [4.78, 5) is 41.8. The van der Waals surface area contributed by atoms with Crippen LogP contribution in [0.5, 0.6) is 0 Å². The smallest absolute Gasteiger partial charge is 0.408 e.